The van der Waals surface area contributed by atoms with Gasteiger partial charge < -0.3 is 5.73 Å². The van der Waals surface area contributed by atoms with Crippen molar-refractivity contribution in [2.24, 2.45) is 16.1 Å². The highest BCUT2D eigenvalue weighted by Crippen LogP contribution is 2.32. The molecule has 0 aromatic heterocycles. The van der Waals surface area contributed by atoms with E-state index in [4.69, 9.17) is 5.73 Å². The van der Waals surface area contributed by atoms with Crippen LogP contribution in [0.2, 0.25) is 0 Å². The smallest absolute Gasteiger partial charge is 0.294 e. The van der Waals surface area contributed by atoms with Gasteiger partial charge in [0.1, 0.15) is 5.69 Å². The van der Waals surface area contributed by atoms with Crippen molar-refractivity contribution in [2.45, 2.75) is 45.9 Å². The van der Waals surface area contributed by atoms with Gasteiger partial charge in [0.25, 0.3) is 10.1 Å². The van der Waals surface area contributed by atoms with Crippen LogP contribution in [-0.4, -0.2) is 13.0 Å². The zero-order valence-corrected chi connectivity index (χ0v) is 16.6. The van der Waals surface area contributed by atoms with Gasteiger partial charge in [0.05, 0.1) is 16.3 Å². The Morgan fingerprint density at radius 2 is 1.54 bits per heavy atom. The molecule has 2 rings (SSSR count). The van der Waals surface area contributed by atoms with Gasteiger partial charge in [0.2, 0.25) is 0 Å². The normalized spacial score (nSPS) is 12.3. The maximum Gasteiger partial charge on any atom is 0.294 e. The van der Waals surface area contributed by atoms with E-state index < -0.39 is 10.1 Å². The Morgan fingerprint density at radius 1 is 0.962 bits per heavy atom. The van der Waals surface area contributed by atoms with Crippen LogP contribution in [0.5, 0.6) is 0 Å². The highest BCUT2D eigenvalue weighted by atomic mass is 32.2. The Labute approximate surface area is 154 Å². The number of benzene rings is 2. The summed E-state index contributed by atoms with van der Waals surface area (Å²) in [6.45, 7) is 9.72. The number of rotatable bonds is 5. The number of hydrogen-bond acceptors (Lipinski definition) is 5. The Morgan fingerprint density at radius 3 is 2.12 bits per heavy atom. The molecule has 26 heavy (non-hydrogen) atoms. The molecule has 3 N–H and O–H groups in total. The van der Waals surface area contributed by atoms with Crippen LogP contribution in [0.3, 0.4) is 0 Å². The van der Waals surface area contributed by atoms with Crippen LogP contribution in [0.1, 0.15) is 36.1 Å². The fourth-order valence-corrected chi connectivity index (χ4v) is 3.44. The van der Waals surface area contributed by atoms with E-state index in [0.717, 1.165) is 16.7 Å². The number of nitrogens with zero attached hydrogens (tertiary/aromatic N) is 2. The number of azo groups is 1. The summed E-state index contributed by atoms with van der Waals surface area (Å²) >= 11 is 0. The van der Waals surface area contributed by atoms with E-state index in [-0.39, 0.29) is 10.8 Å². The van der Waals surface area contributed by atoms with Gasteiger partial charge in [-0.15, -0.1) is 5.11 Å². The summed E-state index contributed by atoms with van der Waals surface area (Å²) in [5.74, 6) is 0.248. The molecule has 0 bridgehead atoms. The minimum absolute atomic E-state index is 0.126. The standard InChI is InChI=1S/C19H25N3O3S/c1-11(2)6-15-7-14(5)17(10-19(15)26(23,24)25)21-22-18-9-13(4)12(3)8-16(18)20/h7-11H,6,20H2,1-5H3,(H,23,24,25)/b22-21+. The van der Waals surface area contributed by atoms with E-state index in [1.54, 1.807) is 6.07 Å². The minimum atomic E-state index is -4.35. The van der Waals surface area contributed by atoms with Crippen molar-refractivity contribution >= 4 is 27.2 Å². The molecule has 2 aromatic carbocycles. The van der Waals surface area contributed by atoms with Crippen molar-refractivity contribution in [1.29, 1.82) is 0 Å². The lowest BCUT2D eigenvalue weighted by atomic mass is 10.0. The van der Waals surface area contributed by atoms with E-state index >= 15 is 0 Å². The summed E-state index contributed by atoms with van der Waals surface area (Å²) in [7, 11) is -4.35. The van der Waals surface area contributed by atoms with Crippen LogP contribution in [0.25, 0.3) is 0 Å². The Kier molecular flexibility index (Phi) is 5.83. The zero-order valence-electron chi connectivity index (χ0n) is 15.7. The lowest BCUT2D eigenvalue weighted by Gasteiger charge is -2.12. The maximum absolute atomic E-state index is 11.8. The van der Waals surface area contributed by atoms with Crippen molar-refractivity contribution in [2.75, 3.05) is 5.73 Å². The van der Waals surface area contributed by atoms with E-state index in [1.165, 1.54) is 6.07 Å². The van der Waals surface area contributed by atoms with Crippen molar-refractivity contribution in [3.63, 3.8) is 0 Å². The van der Waals surface area contributed by atoms with Crippen LogP contribution >= 0.6 is 0 Å². The number of nitrogen functional groups attached to an aromatic ring is 1. The molecule has 0 aliphatic rings. The van der Waals surface area contributed by atoms with Crippen molar-refractivity contribution in [1.82, 2.24) is 0 Å². The number of aryl methyl sites for hydroxylation is 3. The molecule has 140 valence electrons. The van der Waals surface area contributed by atoms with Crippen LogP contribution < -0.4 is 5.73 Å². The predicted octanol–water partition coefficient (Wildman–Crippen LogP) is 5.05. The second kappa shape index (κ2) is 7.55. The van der Waals surface area contributed by atoms with Gasteiger partial charge >= 0.3 is 0 Å². The van der Waals surface area contributed by atoms with Crippen LogP contribution in [0.15, 0.2) is 39.4 Å². The van der Waals surface area contributed by atoms with Crippen molar-refractivity contribution in [3.05, 3.63) is 46.5 Å². The zero-order chi connectivity index (χ0) is 19.6. The molecule has 0 aliphatic carbocycles. The first-order valence-electron chi connectivity index (χ1n) is 8.38. The molecule has 6 nitrogen and oxygen atoms in total. The summed E-state index contributed by atoms with van der Waals surface area (Å²) in [5.41, 5.74) is 10.8. The van der Waals surface area contributed by atoms with Gasteiger partial charge in [0, 0.05) is 0 Å². The highest BCUT2D eigenvalue weighted by molar-refractivity contribution is 7.85. The number of nitrogens with two attached hydrogens (primary N) is 1. The summed E-state index contributed by atoms with van der Waals surface area (Å²) in [6, 6.07) is 6.76. The van der Waals surface area contributed by atoms with Crippen LogP contribution in [0, 0.1) is 26.7 Å². The van der Waals surface area contributed by atoms with Gasteiger partial charge in [-0.3, -0.25) is 4.55 Å². The second-order valence-electron chi connectivity index (χ2n) is 7.01. The monoisotopic (exact) mass is 375 g/mol. The summed E-state index contributed by atoms with van der Waals surface area (Å²) < 4.78 is 33.1. The quantitative estimate of drug-likeness (QED) is 0.433. The third-order valence-corrected chi connectivity index (χ3v) is 5.13. The Balaban J connectivity index is 2.52. The SMILES string of the molecule is Cc1cc(N)c(/N=N/c2cc(S(=O)(=O)O)c(CC(C)C)cc2C)cc1C. The molecule has 0 heterocycles. The van der Waals surface area contributed by atoms with E-state index in [1.807, 2.05) is 46.8 Å². The molecule has 2 aromatic rings. The lowest BCUT2D eigenvalue weighted by Crippen LogP contribution is -2.06. The van der Waals surface area contributed by atoms with E-state index in [9.17, 15) is 13.0 Å². The van der Waals surface area contributed by atoms with Gasteiger partial charge in [-0.05, 0) is 73.6 Å². The molecule has 0 unspecified atom stereocenters. The first-order chi connectivity index (χ1) is 12.0. The Bertz CT molecular complexity index is 964. The molecule has 0 atom stereocenters. The second-order valence-corrected chi connectivity index (χ2v) is 8.40. The fourth-order valence-electron chi connectivity index (χ4n) is 2.70. The van der Waals surface area contributed by atoms with Crippen LogP contribution in [-0.2, 0) is 16.5 Å². The largest absolute Gasteiger partial charge is 0.397 e. The third-order valence-electron chi connectivity index (χ3n) is 4.19. The van der Waals surface area contributed by atoms with E-state index in [0.29, 0.717) is 29.0 Å². The predicted molar refractivity (Wildman–Crippen MR) is 104 cm³/mol. The summed E-state index contributed by atoms with van der Waals surface area (Å²) in [4.78, 5) is -0.126. The van der Waals surface area contributed by atoms with Crippen LogP contribution in [0.4, 0.5) is 17.1 Å². The maximum atomic E-state index is 11.8. The molecule has 0 radical (unpaired) electrons. The molecule has 0 spiro atoms. The molecule has 0 aliphatic heterocycles. The molecule has 0 fully saturated rings. The summed E-state index contributed by atoms with van der Waals surface area (Å²) in [6.07, 6.45) is 0.539. The Hall–Kier alpha value is -2.25. The molecule has 0 saturated heterocycles. The molecular formula is C19H25N3O3S. The van der Waals surface area contributed by atoms with Gasteiger partial charge in [0.15, 0.2) is 0 Å². The first kappa shape index (κ1) is 20.1. The topological polar surface area (TPSA) is 105 Å². The van der Waals surface area contributed by atoms with Gasteiger partial charge in [-0.1, -0.05) is 19.9 Å². The van der Waals surface area contributed by atoms with E-state index in [2.05, 4.69) is 10.2 Å². The fraction of sp³-hybridized carbons (Fsp3) is 0.368. The first-order valence-corrected chi connectivity index (χ1v) is 9.82. The minimum Gasteiger partial charge on any atom is -0.397 e. The lowest BCUT2D eigenvalue weighted by molar-refractivity contribution is 0.481. The summed E-state index contributed by atoms with van der Waals surface area (Å²) in [5, 5.41) is 8.35. The molecular weight excluding hydrogens is 350 g/mol. The van der Waals surface area contributed by atoms with Crippen molar-refractivity contribution in [3.8, 4) is 0 Å². The number of anilines is 1. The average molecular weight is 375 g/mol. The molecule has 0 amide bonds. The van der Waals surface area contributed by atoms with Crippen molar-refractivity contribution < 1.29 is 13.0 Å². The van der Waals surface area contributed by atoms with Gasteiger partial charge in [-0.2, -0.15) is 13.5 Å². The van der Waals surface area contributed by atoms with Gasteiger partial charge in [-0.25, -0.2) is 0 Å². The third kappa shape index (κ3) is 4.68. The highest BCUT2D eigenvalue weighted by Gasteiger charge is 2.18. The number of hydrogen-bond donors (Lipinski definition) is 2. The molecule has 7 heteroatoms. The molecule has 0 saturated carbocycles. The average Bonchev–Trinajstić information content (AvgIpc) is 2.49.